The minimum Gasteiger partial charge on any atom is -0.486 e. The van der Waals surface area contributed by atoms with Gasteiger partial charge in [-0.05, 0) is 43.9 Å². The summed E-state index contributed by atoms with van der Waals surface area (Å²) in [5.41, 5.74) is 0.0186. The minimum absolute atomic E-state index is 0.0261. The molecule has 0 N–H and O–H groups in total. The number of rotatable bonds is 6. The largest absolute Gasteiger partial charge is 0.486 e. The highest BCUT2D eigenvalue weighted by Gasteiger charge is 2.45. The minimum atomic E-state index is -3.11. The molecule has 1 aromatic carbocycles. The lowest BCUT2D eigenvalue weighted by Crippen LogP contribution is -2.44. The number of hydrogen-bond donors (Lipinski definition) is 0. The van der Waals surface area contributed by atoms with Crippen molar-refractivity contribution in [3.63, 3.8) is 0 Å². The summed E-state index contributed by atoms with van der Waals surface area (Å²) in [5.74, 6) is 0.588. The zero-order chi connectivity index (χ0) is 22.1. The number of ether oxygens (including phenoxy) is 3. The Hall–Kier alpha value is -2.29. The van der Waals surface area contributed by atoms with E-state index in [0.29, 0.717) is 50.5 Å². The molecule has 31 heavy (non-hydrogen) atoms. The number of likely N-dealkylation sites (N-methyl/N-ethyl adjacent to an activating group) is 1. The number of fused-ring (bicyclic) bond motifs is 1. The summed E-state index contributed by atoms with van der Waals surface area (Å²) in [4.78, 5) is 27.5. The third-order valence-corrected chi connectivity index (χ3v) is 8.33. The average Bonchev–Trinajstić information content (AvgIpc) is 3.40. The quantitative estimate of drug-likeness (QED) is 0.609. The molecule has 1 atom stereocenters. The van der Waals surface area contributed by atoms with E-state index in [9.17, 15) is 18.0 Å². The molecule has 3 aliphatic rings. The van der Waals surface area contributed by atoms with Crippen LogP contribution in [0.15, 0.2) is 18.2 Å². The van der Waals surface area contributed by atoms with Crippen molar-refractivity contribution in [2.45, 2.75) is 50.5 Å². The maximum absolute atomic E-state index is 13.2. The second-order valence-corrected chi connectivity index (χ2v) is 10.7. The molecule has 2 aliphatic heterocycles. The first kappa shape index (κ1) is 21.9. The maximum atomic E-state index is 13.2. The maximum Gasteiger partial charge on any atom is 0.317 e. The van der Waals surface area contributed by atoms with Crippen LogP contribution in [-0.2, 0) is 29.6 Å². The summed E-state index contributed by atoms with van der Waals surface area (Å²) in [6.07, 6.45) is 3.53. The summed E-state index contributed by atoms with van der Waals surface area (Å²) in [6, 6.07) is 5.20. The molecule has 2 fully saturated rings. The molecule has 4 rings (SSSR count). The second kappa shape index (κ2) is 8.68. The van der Waals surface area contributed by atoms with E-state index in [0.717, 1.165) is 18.4 Å². The number of sulfone groups is 1. The summed E-state index contributed by atoms with van der Waals surface area (Å²) in [5, 5.41) is 0. The highest BCUT2D eigenvalue weighted by molar-refractivity contribution is 7.91. The van der Waals surface area contributed by atoms with Crippen LogP contribution in [0.2, 0.25) is 0 Å². The molecule has 170 valence electrons. The number of carbonyl (C=O) groups excluding carboxylic acids is 2. The molecule has 1 saturated heterocycles. The van der Waals surface area contributed by atoms with E-state index in [4.69, 9.17) is 14.2 Å². The molecule has 8 nitrogen and oxygen atoms in total. The van der Waals surface area contributed by atoms with Gasteiger partial charge < -0.3 is 19.1 Å². The molecule has 2 heterocycles. The number of carbonyl (C=O) groups is 2. The van der Waals surface area contributed by atoms with Gasteiger partial charge in [0.15, 0.2) is 27.9 Å². The normalized spacial score (nSPS) is 23.3. The van der Waals surface area contributed by atoms with E-state index in [1.54, 1.807) is 6.92 Å². The van der Waals surface area contributed by atoms with Crippen LogP contribution in [0.25, 0.3) is 0 Å². The molecule has 0 radical (unpaired) electrons. The Morgan fingerprint density at radius 1 is 1.16 bits per heavy atom. The van der Waals surface area contributed by atoms with Crippen LogP contribution >= 0.6 is 0 Å². The Morgan fingerprint density at radius 3 is 2.52 bits per heavy atom. The van der Waals surface area contributed by atoms with E-state index in [-0.39, 0.29) is 30.1 Å². The molecule has 9 heteroatoms. The topological polar surface area (TPSA) is 99.2 Å². The Kier molecular flexibility index (Phi) is 6.14. The zero-order valence-electron chi connectivity index (χ0n) is 17.8. The first-order valence-corrected chi connectivity index (χ1v) is 12.7. The Labute approximate surface area is 182 Å². The summed E-state index contributed by atoms with van der Waals surface area (Å²) in [6.45, 7) is 2.77. The van der Waals surface area contributed by atoms with Crippen molar-refractivity contribution in [2.24, 2.45) is 0 Å². The molecule has 1 amide bonds. The number of amides is 1. The lowest BCUT2D eigenvalue weighted by Gasteiger charge is -2.30. The van der Waals surface area contributed by atoms with E-state index in [2.05, 4.69) is 0 Å². The van der Waals surface area contributed by atoms with Crippen molar-refractivity contribution >= 4 is 21.7 Å². The lowest BCUT2D eigenvalue weighted by molar-refractivity contribution is -0.157. The van der Waals surface area contributed by atoms with Crippen LogP contribution in [0.1, 0.15) is 44.6 Å². The van der Waals surface area contributed by atoms with Crippen LogP contribution in [0, 0.1) is 0 Å². The van der Waals surface area contributed by atoms with Crippen molar-refractivity contribution in [3.05, 3.63) is 23.8 Å². The molecule has 1 saturated carbocycles. The summed E-state index contributed by atoms with van der Waals surface area (Å²) < 4.78 is 40.4. The van der Waals surface area contributed by atoms with Gasteiger partial charge in [-0.2, -0.15) is 0 Å². The van der Waals surface area contributed by atoms with Crippen molar-refractivity contribution in [1.29, 1.82) is 0 Å². The molecular formula is C22H29NO7S. The first-order valence-electron chi connectivity index (χ1n) is 10.9. The van der Waals surface area contributed by atoms with Crippen molar-refractivity contribution in [2.75, 3.05) is 37.9 Å². The smallest absolute Gasteiger partial charge is 0.317 e. The van der Waals surface area contributed by atoms with Crippen molar-refractivity contribution in [1.82, 2.24) is 4.90 Å². The SMILES string of the molecule is CCN(C(=O)COC(=O)C1(c2ccc3c(c2)OCCO3)CCCC1)[C@H]1CCS(=O)(=O)C1. The van der Waals surface area contributed by atoms with Gasteiger partial charge in [0, 0.05) is 12.6 Å². The first-order chi connectivity index (χ1) is 14.8. The Morgan fingerprint density at radius 2 is 1.87 bits per heavy atom. The third kappa shape index (κ3) is 4.37. The Balaban J connectivity index is 1.46. The summed E-state index contributed by atoms with van der Waals surface area (Å²) in [7, 11) is -3.11. The van der Waals surface area contributed by atoms with Crippen LogP contribution < -0.4 is 9.47 Å². The molecule has 1 aromatic rings. The van der Waals surface area contributed by atoms with Gasteiger partial charge in [0.05, 0.1) is 16.9 Å². The monoisotopic (exact) mass is 451 g/mol. The van der Waals surface area contributed by atoms with E-state index < -0.39 is 21.2 Å². The Bertz CT molecular complexity index is 953. The second-order valence-electron chi connectivity index (χ2n) is 8.46. The van der Waals surface area contributed by atoms with Crippen molar-refractivity contribution < 1.29 is 32.2 Å². The number of esters is 1. The van der Waals surface area contributed by atoms with Gasteiger partial charge in [-0.15, -0.1) is 0 Å². The predicted octanol–water partition coefficient (Wildman–Crippen LogP) is 1.85. The van der Waals surface area contributed by atoms with Gasteiger partial charge in [0.1, 0.15) is 13.2 Å². The lowest BCUT2D eigenvalue weighted by atomic mass is 9.78. The van der Waals surface area contributed by atoms with Crippen LogP contribution in [-0.4, -0.2) is 69.1 Å². The molecule has 0 bridgehead atoms. The highest BCUT2D eigenvalue weighted by atomic mass is 32.2. The zero-order valence-corrected chi connectivity index (χ0v) is 18.6. The van der Waals surface area contributed by atoms with Crippen LogP contribution in [0.3, 0.4) is 0 Å². The molecule has 0 spiro atoms. The standard InChI is InChI=1S/C22H29NO7S/c1-2-23(17-7-12-31(26,27)15-17)20(24)14-30-21(25)22(8-3-4-9-22)16-5-6-18-19(13-16)29-11-10-28-18/h5-6,13,17H,2-4,7-12,14-15H2,1H3/t17-/m0/s1. The number of hydrogen-bond acceptors (Lipinski definition) is 7. The molecule has 1 aliphatic carbocycles. The molecule has 0 unspecified atom stereocenters. The van der Waals surface area contributed by atoms with Gasteiger partial charge in [0.2, 0.25) is 0 Å². The van der Waals surface area contributed by atoms with Gasteiger partial charge in [-0.25, -0.2) is 8.42 Å². The molecular weight excluding hydrogens is 422 g/mol. The van der Waals surface area contributed by atoms with Crippen LogP contribution in [0.5, 0.6) is 11.5 Å². The summed E-state index contributed by atoms with van der Waals surface area (Å²) >= 11 is 0. The van der Waals surface area contributed by atoms with E-state index in [1.807, 2.05) is 18.2 Å². The fourth-order valence-electron chi connectivity index (χ4n) is 4.94. The van der Waals surface area contributed by atoms with E-state index in [1.165, 1.54) is 4.90 Å². The van der Waals surface area contributed by atoms with Gasteiger partial charge >= 0.3 is 5.97 Å². The van der Waals surface area contributed by atoms with Gasteiger partial charge in [-0.1, -0.05) is 18.9 Å². The predicted molar refractivity (Wildman–Crippen MR) is 113 cm³/mol. The van der Waals surface area contributed by atoms with Gasteiger partial charge in [0.25, 0.3) is 5.91 Å². The van der Waals surface area contributed by atoms with Crippen LogP contribution in [0.4, 0.5) is 0 Å². The third-order valence-electron chi connectivity index (χ3n) is 6.58. The van der Waals surface area contributed by atoms with Gasteiger partial charge in [-0.3, -0.25) is 9.59 Å². The van der Waals surface area contributed by atoms with Crippen molar-refractivity contribution in [3.8, 4) is 11.5 Å². The fourth-order valence-corrected chi connectivity index (χ4v) is 6.67. The highest BCUT2D eigenvalue weighted by Crippen LogP contribution is 2.45. The fraction of sp³-hybridized carbons (Fsp3) is 0.636. The molecule has 0 aromatic heterocycles. The number of benzene rings is 1. The average molecular weight is 452 g/mol. The van der Waals surface area contributed by atoms with E-state index >= 15 is 0 Å². The number of nitrogens with zero attached hydrogens (tertiary/aromatic N) is 1.